The summed E-state index contributed by atoms with van der Waals surface area (Å²) in [6, 6.07) is 15.5. The highest BCUT2D eigenvalue weighted by Gasteiger charge is 2.40. The average Bonchev–Trinajstić information content (AvgIpc) is 3.40. The van der Waals surface area contributed by atoms with Crippen LogP contribution in [-0.2, 0) is 14.3 Å². The van der Waals surface area contributed by atoms with Crippen molar-refractivity contribution in [2.75, 3.05) is 13.7 Å². The Balaban J connectivity index is 1.42. The van der Waals surface area contributed by atoms with E-state index >= 15 is 0 Å². The summed E-state index contributed by atoms with van der Waals surface area (Å²) < 4.78 is 5.71. The highest BCUT2D eigenvalue weighted by atomic mass is 16.5. The number of rotatable bonds is 8. The van der Waals surface area contributed by atoms with E-state index < -0.39 is 23.6 Å². The van der Waals surface area contributed by atoms with E-state index in [4.69, 9.17) is 4.74 Å². The van der Waals surface area contributed by atoms with Crippen LogP contribution in [0.1, 0.15) is 62.5 Å². The smallest absolute Gasteiger partial charge is 0.407 e. The van der Waals surface area contributed by atoms with Crippen LogP contribution in [0.5, 0.6) is 0 Å². The summed E-state index contributed by atoms with van der Waals surface area (Å²) in [5.41, 5.74) is 3.91. The van der Waals surface area contributed by atoms with E-state index in [2.05, 4.69) is 29.6 Å². The van der Waals surface area contributed by atoms with E-state index in [1.54, 1.807) is 6.92 Å². The first-order chi connectivity index (χ1) is 16.3. The van der Waals surface area contributed by atoms with E-state index in [1.165, 1.54) is 11.9 Å². The number of nitrogens with one attached hydrogen (secondary N) is 1. The number of carboxylic acid groups (broad SMARTS) is 1. The number of hydrogen-bond acceptors (Lipinski definition) is 4. The molecule has 0 heterocycles. The number of ether oxygens (including phenoxy) is 1. The summed E-state index contributed by atoms with van der Waals surface area (Å²) in [5.74, 6) is -1.34. The van der Waals surface area contributed by atoms with E-state index in [0.717, 1.165) is 35.1 Å². The molecule has 1 fully saturated rings. The predicted octanol–water partition coefficient (Wildman–Crippen LogP) is 4.55. The summed E-state index contributed by atoms with van der Waals surface area (Å²) in [5, 5.41) is 12.4. The third-order valence-electron chi connectivity index (χ3n) is 7.29. The lowest BCUT2D eigenvalue weighted by Gasteiger charge is -2.33. The summed E-state index contributed by atoms with van der Waals surface area (Å²) in [4.78, 5) is 38.5. The lowest BCUT2D eigenvalue weighted by molar-refractivity contribution is -0.149. The van der Waals surface area contributed by atoms with Crippen LogP contribution in [0.15, 0.2) is 48.5 Å². The minimum Gasteiger partial charge on any atom is -0.480 e. The first-order valence-corrected chi connectivity index (χ1v) is 12.0. The van der Waals surface area contributed by atoms with Gasteiger partial charge in [-0.25, -0.2) is 9.59 Å². The fourth-order valence-corrected chi connectivity index (χ4v) is 5.45. The summed E-state index contributed by atoms with van der Waals surface area (Å²) in [6.07, 6.45) is 2.99. The Morgan fingerprint density at radius 3 is 2.15 bits per heavy atom. The maximum atomic E-state index is 12.9. The molecular formula is C27H32N2O5. The fraction of sp³-hybridized carbons (Fsp3) is 0.444. The molecule has 34 heavy (non-hydrogen) atoms. The molecule has 7 heteroatoms. The number of aliphatic carboxylic acids is 1. The summed E-state index contributed by atoms with van der Waals surface area (Å²) in [7, 11) is 1.51. The van der Waals surface area contributed by atoms with E-state index in [-0.39, 0.29) is 24.9 Å². The predicted molar refractivity (Wildman–Crippen MR) is 129 cm³/mol. The quantitative estimate of drug-likeness (QED) is 0.598. The number of likely N-dealkylation sites (N-methyl/N-ethyl adjacent to an activating group) is 1. The SMILES string of the molecule is CCC(C(=O)O)N(C)C(=O)CC1(NC(=O)OCC2c3ccccc3-c3ccccc32)CCCC1. The lowest BCUT2D eigenvalue weighted by atomic mass is 9.92. The second-order valence-corrected chi connectivity index (χ2v) is 9.38. The molecule has 4 rings (SSSR count). The fourth-order valence-electron chi connectivity index (χ4n) is 5.45. The molecule has 180 valence electrons. The zero-order valence-corrected chi connectivity index (χ0v) is 19.8. The van der Waals surface area contributed by atoms with Gasteiger partial charge in [-0.15, -0.1) is 0 Å². The molecule has 2 aliphatic carbocycles. The van der Waals surface area contributed by atoms with Crippen molar-refractivity contribution in [3.8, 4) is 11.1 Å². The van der Waals surface area contributed by atoms with Crippen molar-refractivity contribution in [2.45, 2.75) is 62.9 Å². The molecule has 2 amide bonds. The van der Waals surface area contributed by atoms with Gasteiger partial charge in [-0.1, -0.05) is 68.3 Å². The minimum absolute atomic E-state index is 0.0358. The maximum Gasteiger partial charge on any atom is 0.407 e. The Morgan fingerprint density at radius 2 is 1.62 bits per heavy atom. The molecule has 0 saturated heterocycles. The zero-order valence-electron chi connectivity index (χ0n) is 19.8. The highest BCUT2D eigenvalue weighted by molar-refractivity contribution is 5.84. The second-order valence-electron chi connectivity index (χ2n) is 9.38. The molecule has 2 aromatic carbocycles. The van der Waals surface area contributed by atoms with Crippen molar-refractivity contribution in [3.63, 3.8) is 0 Å². The first-order valence-electron chi connectivity index (χ1n) is 12.0. The Kier molecular flexibility index (Phi) is 6.91. The molecule has 0 bridgehead atoms. The number of alkyl carbamates (subject to hydrolysis) is 1. The first kappa shape index (κ1) is 23.8. The Morgan fingerprint density at radius 1 is 1.06 bits per heavy atom. The van der Waals surface area contributed by atoms with Crippen molar-refractivity contribution in [3.05, 3.63) is 59.7 Å². The van der Waals surface area contributed by atoms with Crippen LogP contribution < -0.4 is 5.32 Å². The van der Waals surface area contributed by atoms with Crippen LogP contribution in [0, 0.1) is 0 Å². The molecule has 2 N–H and O–H groups in total. The van der Waals surface area contributed by atoms with Gasteiger partial charge in [0.15, 0.2) is 0 Å². The molecule has 1 unspecified atom stereocenters. The van der Waals surface area contributed by atoms with E-state index in [9.17, 15) is 19.5 Å². The lowest BCUT2D eigenvalue weighted by Crippen LogP contribution is -2.52. The van der Waals surface area contributed by atoms with Crippen LogP contribution >= 0.6 is 0 Å². The van der Waals surface area contributed by atoms with Gasteiger partial charge in [0.05, 0.1) is 12.0 Å². The van der Waals surface area contributed by atoms with Crippen LogP contribution in [0.4, 0.5) is 4.79 Å². The minimum atomic E-state index is -1.02. The van der Waals surface area contributed by atoms with Crippen LogP contribution in [0.3, 0.4) is 0 Å². The second kappa shape index (κ2) is 9.87. The largest absolute Gasteiger partial charge is 0.480 e. The number of benzene rings is 2. The third-order valence-corrected chi connectivity index (χ3v) is 7.29. The van der Waals surface area contributed by atoms with Gasteiger partial charge in [0.1, 0.15) is 12.6 Å². The van der Waals surface area contributed by atoms with Crippen LogP contribution in [0.2, 0.25) is 0 Å². The zero-order chi connectivity index (χ0) is 24.3. The Bertz CT molecular complexity index is 1030. The molecule has 1 saturated carbocycles. The molecule has 0 aliphatic heterocycles. The standard InChI is InChI=1S/C27H32N2O5/c1-3-23(25(31)32)29(2)24(30)16-27(14-8-9-15-27)28-26(33)34-17-22-20-12-6-4-10-18(20)19-11-5-7-13-21(19)22/h4-7,10-13,22-23H,3,8-9,14-17H2,1-2H3,(H,28,33)(H,31,32). The van der Waals surface area contributed by atoms with Crippen LogP contribution in [-0.4, -0.2) is 53.2 Å². The molecule has 7 nitrogen and oxygen atoms in total. The van der Waals surface area contributed by atoms with E-state index in [1.807, 2.05) is 24.3 Å². The molecule has 0 spiro atoms. The van der Waals surface area contributed by atoms with Gasteiger partial charge in [-0.05, 0) is 41.5 Å². The van der Waals surface area contributed by atoms with Crippen molar-refractivity contribution < 1.29 is 24.2 Å². The van der Waals surface area contributed by atoms with Gasteiger partial charge in [-0.2, -0.15) is 0 Å². The number of fused-ring (bicyclic) bond motifs is 3. The molecule has 2 aromatic rings. The third kappa shape index (κ3) is 4.65. The van der Waals surface area contributed by atoms with E-state index in [0.29, 0.717) is 19.3 Å². The molecule has 2 aliphatic rings. The Labute approximate surface area is 200 Å². The summed E-state index contributed by atoms with van der Waals surface area (Å²) >= 11 is 0. The number of hydrogen-bond donors (Lipinski definition) is 2. The van der Waals surface area contributed by atoms with Gasteiger partial charge in [-0.3, -0.25) is 4.79 Å². The van der Waals surface area contributed by atoms with Gasteiger partial charge >= 0.3 is 12.1 Å². The van der Waals surface area contributed by atoms with Crippen molar-refractivity contribution in [2.24, 2.45) is 0 Å². The normalized spacial score (nSPS) is 16.9. The average molecular weight is 465 g/mol. The van der Waals surface area contributed by atoms with Crippen molar-refractivity contribution >= 4 is 18.0 Å². The molecule has 0 aromatic heterocycles. The van der Waals surface area contributed by atoms with Gasteiger partial charge in [0.25, 0.3) is 0 Å². The molecule has 0 radical (unpaired) electrons. The number of amides is 2. The van der Waals surface area contributed by atoms with Gasteiger partial charge in [0.2, 0.25) is 5.91 Å². The highest BCUT2D eigenvalue weighted by Crippen LogP contribution is 2.44. The van der Waals surface area contributed by atoms with Gasteiger partial charge in [0, 0.05) is 13.0 Å². The number of carbonyl (C=O) groups excluding carboxylic acids is 2. The number of nitrogens with zero attached hydrogens (tertiary/aromatic N) is 1. The number of carbonyl (C=O) groups is 3. The topological polar surface area (TPSA) is 95.9 Å². The Hall–Kier alpha value is -3.35. The number of carboxylic acids is 1. The maximum absolute atomic E-state index is 12.9. The monoisotopic (exact) mass is 464 g/mol. The molecule has 1 atom stereocenters. The van der Waals surface area contributed by atoms with Crippen LogP contribution in [0.25, 0.3) is 11.1 Å². The van der Waals surface area contributed by atoms with Crippen molar-refractivity contribution in [1.29, 1.82) is 0 Å². The van der Waals surface area contributed by atoms with Gasteiger partial charge < -0.3 is 20.1 Å². The van der Waals surface area contributed by atoms with Crippen molar-refractivity contribution in [1.82, 2.24) is 10.2 Å². The molecular weight excluding hydrogens is 432 g/mol. The summed E-state index contributed by atoms with van der Waals surface area (Å²) in [6.45, 7) is 1.95.